The second-order valence-electron chi connectivity index (χ2n) is 8.13. The average Bonchev–Trinajstić information content (AvgIpc) is 3.00. The molecule has 166 valence electrons. The molecule has 0 fully saturated rings. The van der Waals surface area contributed by atoms with Gasteiger partial charge in [-0.1, -0.05) is 23.2 Å². The van der Waals surface area contributed by atoms with Crippen molar-refractivity contribution >= 4 is 46.4 Å². The minimum absolute atomic E-state index is 0.144. The molecule has 0 saturated carbocycles. The molecule has 0 aliphatic heterocycles. The van der Waals surface area contributed by atoms with Crippen LogP contribution in [0.25, 0.3) is 11.2 Å². The molecule has 0 saturated heterocycles. The standard InChI is InChI=1S/C21H24Cl2FN5O2/c1-21(2,3)31-20(30)25-7-6-15(10-12-8-13(22)11-14(23)9-12)26-19-27-16-4-5-17(24)28-18(16)29-19/h4-5,8-9,11,15H,6-7,10H2,1-3H3,(H,25,30)(H2,26,27,28,29). The van der Waals surface area contributed by atoms with Crippen molar-refractivity contribution in [1.29, 1.82) is 0 Å². The van der Waals surface area contributed by atoms with Crippen LogP contribution in [0.1, 0.15) is 32.8 Å². The topological polar surface area (TPSA) is 91.9 Å². The minimum atomic E-state index is -0.600. The van der Waals surface area contributed by atoms with Crippen LogP contribution in [-0.4, -0.2) is 39.2 Å². The normalized spacial score (nSPS) is 12.6. The van der Waals surface area contributed by atoms with Gasteiger partial charge in [0.25, 0.3) is 0 Å². The van der Waals surface area contributed by atoms with Crippen LogP contribution in [-0.2, 0) is 11.2 Å². The summed E-state index contributed by atoms with van der Waals surface area (Å²) in [6.07, 6.45) is 0.637. The lowest BCUT2D eigenvalue weighted by molar-refractivity contribution is 0.0526. The van der Waals surface area contributed by atoms with E-state index in [1.54, 1.807) is 32.9 Å². The first-order valence-electron chi connectivity index (χ1n) is 9.78. The number of rotatable bonds is 7. The number of halogens is 3. The van der Waals surface area contributed by atoms with Gasteiger partial charge in [0.15, 0.2) is 5.65 Å². The molecular weight excluding hydrogens is 444 g/mol. The molecule has 1 atom stereocenters. The maximum absolute atomic E-state index is 13.4. The van der Waals surface area contributed by atoms with Gasteiger partial charge in [-0.3, -0.25) is 0 Å². The number of ether oxygens (including phenoxy) is 1. The van der Waals surface area contributed by atoms with Crippen molar-refractivity contribution in [3.05, 3.63) is 51.9 Å². The monoisotopic (exact) mass is 467 g/mol. The number of aromatic nitrogens is 3. The molecule has 0 aliphatic rings. The first kappa shape index (κ1) is 23.1. The third-order valence-corrected chi connectivity index (χ3v) is 4.65. The Morgan fingerprint density at radius 2 is 1.90 bits per heavy atom. The molecule has 3 N–H and O–H groups in total. The first-order chi connectivity index (χ1) is 14.6. The Kier molecular flexibility index (Phi) is 7.23. The molecule has 3 aromatic rings. The van der Waals surface area contributed by atoms with E-state index in [-0.39, 0.29) is 11.7 Å². The van der Waals surface area contributed by atoms with Crippen molar-refractivity contribution in [3.8, 4) is 0 Å². The van der Waals surface area contributed by atoms with E-state index >= 15 is 0 Å². The number of hydrogen-bond donors (Lipinski definition) is 3. The van der Waals surface area contributed by atoms with Gasteiger partial charge in [0.05, 0.1) is 5.52 Å². The molecule has 1 aromatic carbocycles. The van der Waals surface area contributed by atoms with Gasteiger partial charge in [0.1, 0.15) is 5.60 Å². The lowest BCUT2D eigenvalue weighted by Crippen LogP contribution is -2.35. The van der Waals surface area contributed by atoms with Gasteiger partial charge < -0.3 is 20.4 Å². The summed E-state index contributed by atoms with van der Waals surface area (Å²) in [6.45, 7) is 5.78. The van der Waals surface area contributed by atoms with Crippen molar-refractivity contribution in [3.63, 3.8) is 0 Å². The highest BCUT2D eigenvalue weighted by atomic mass is 35.5. The molecule has 2 aromatic heterocycles. The zero-order chi connectivity index (χ0) is 22.6. The van der Waals surface area contributed by atoms with Crippen molar-refractivity contribution in [1.82, 2.24) is 20.3 Å². The number of aromatic amines is 1. The van der Waals surface area contributed by atoms with Gasteiger partial charge in [-0.05, 0) is 69.5 Å². The Balaban J connectivity index is 1.71. The molecule has 1 amide bonds. The van der Waals surface area contributed by atoms with Crippen LogP contribution >= 0.6 is 23.2 Å². The van der Waals surface area contributed by atoms with E-state index in [9.17, 15) is 9.18 Å². The fourth-order valence-electron chi connectivity index (χ4n) is 3.03. The van der Waals surface area contributed by atoms with Crippen molar-refractivity contribution < 1.29 is 13.9 Å². The summed E-state index contributed by atoms with van der Waals surface area (Å²) in [4.78, 5) is 23.1. The van der Waals surface area contributed by atoms with Crippen LogP contribution in [0.4, 0.5) is 15.1 Å². The number of H-pyrrole nitrogens is 1. The quantitative estimate of drug-likeness (QED) is 0.407. The number of nitrogens with zero attached hydrogens (tertiary/aromatic N) is 2. The summed E-state index contributed by atoms with van der Waals surface area (Å²) in [5.41, 5.74) is 1.24. The Bertz CT molecular complexity index is 1050. The number of fused-ring (bicyclic) bond motifs is 1. The van der Waals surface area contributed by atoms with E-state index < -0.39 is 17.6 Å². The SMILES string of the molecule is CC(C)(C)OC(=O)NCCC(Cc1cc(Cl)cc(Cl)c1)Nc1nc2nc(F)ccc2[nH]1. The van der Waals surface area contributed by atoms with E-state index in [1.165, 1.54) is 6.07 Å². The second-order valence-corrected chi connectivity index (χ2v) is 9.00. The third-order valence-electron chi connectivity index (χ3n) is 4.22. The second kappa shape index (κ2) is 9.70. The molecule has 7 nitrogen and oxygen atoms in total. The lowest BCUT2D eigenvalue weighted by atomic mass is 10.0. The summed E-state index contributed by atoms with van der Waals surface area (Å²) >= 11 is 12.3. The highest BCUT2D eigenvalue weighted by molar-refractivity contribution is 6.34. The van der Waals surface area contributed by atoms with Gasteiger partial charge in [-0.2, -0.15) is 14.4 Å². The largest absolute Gasteiger partial charge is 0.444 e. The van der Waals surface area contributed by atoms with Crippen LogP contribution in [0.5, 0.6) is 0 Å². The number of alkyl carbamates (subject to hydrolysis) is 1. The van der Waals surface area contributed by atoms with Gasteiger partial charge in [-0.15, -0.1) is 0 Å². The number of carbonyl (C=O) groups excluding carboxylic acids is 1. The van der Waals surface area contributed by atoms with Crippen molar-refractivity contribution in [2.24, 2.45) is 0 Å². The molecule has 0 bridgehead atoms. The van der Waals surface area contributed by atoms with E-state index in [4.69, 9.17) is 27.9 Å². The Hall–Kier alpha value is -2.58. The molecular formula is C21H24Cl2FN5O2. The van der Waals surface area contributed by atoms with Crippen LogP contribution in [0.15, 0.2) is 30.3 Å². The van der Waals surface area contributed by atoms with E-state index in [2.05, 4.69) is 25.6 Å². The molecule has 0 spiro atoms. The number of nitrogens with one attached hydrogen (secondary N) is 3. The fraction of sp³-hybridized carbons (Fsp3) is 0.381. The number of anilines is 1. The number of hydrogen-bond acceptors (Lipinski definition) is 5. The smallest absolute Gasteiger partial charge is 0.407 e. The third kappa shape index (κ3) is 7.25. The minimum Gasteiger partial charge on any atom is -0.444 e. The Morgan fingerprint density at radius 1 is 1.19 bits per heavy atom. The summed E-state index contributed by atoms with van der Waals surface area (Å²) in [5.74, 6) is -0.152. The number of carbonyl (C=O) groups is 1. The molecule has 31 heavy (non-hydrogen) atoms. The predicted octanol–water partition coefficient (Wildman–Crippen LogP) is 5.34. The Labute approximate surface area is 189 Å². The fourth-order valence-corrected chi connectivity index (χ4v) is 3.60. The van der Waals surface area contributed by atoms with E-state index in [0.29, 0.717) is 40.9 Å². The number of amides is 1. The maximum atomic E-state index is 13.4. The zero-order valence-corrected chi connectivity index (χ0v) is 18.9. The van der Waals surface area contributed by atoms with Gasteiger partial charge in [0, 0.05) is 22.6 Å². The predicted molar refractivity (Wildman–Crippen MR) is 120 cm³/mol. The average molecular weight is 468 g/mol. The van der Waals surface area contributed by atoms with Crippen molar-refractivity contribution in [2.75, 3.05) is 11.9 Å². The van der Waals surface area contributed by atoms with Crippen LogP contribution in [0.2, 0.25) is 10.0 Å². The van der Waals surface area contributed by atoms with Gasteiger partial charge in [-0.25, -0.2) is 4.79 Å². The molecule has 0 radical (unpaired) electrons. The lowest BCUT2D eigenvalue weighted by Gasteiger charge is -2.21. The van der Waals surface area contributed by atoms with Crippen molar-refractivity contribution in [2.45, 2.75) is 45.3 Å². The van der Waals surface area contributed by atoms with Gasteiger partial charge in [0.2, 0.25) is 11.9 Å². The highest BCUT2D eigenvalue weighted by Gasteiger charge is 2.18. The maximum Gasteiger partial charge on any atom is 0.407 e. The zero-order valence-electron chi connectivity index (χ0n) is 17.4. The molecule has 10 heteroatoms. The van der Waals surface area contributed by atoms with Crippen LogP contribution in [0.3, 0.4) is 0 Å². The first-order valence-corrected chi connectivity index (χ1v) is 10.5. The summed E-state index contributed by atoms with van der Waals surface area (Å²) in [7, 11) is 0. The number of benzene rings is 1. The van der Waals surface area contributed by atoms with Crippen LogP contribution in [0, 0.1) is 5.95 Å². The summed E-state index contributed by atoms with van der Waals surface area (Å²) < 4.78 is 18.6. The Morgan fingerprint density at radius 3 is 2.58 bits per heavy atom. The highest BCUT2D eigenvalue weighted by Crippen LogP contribution is 2.22. The number of imidazole rings is 1. The van der Waals surface area contributed by atoms with E-state index in [1.807, 2.05) is 12.1 Å². The summed E-state index contributed by atoms with van der Waals surface area (Å²) in [5, 5.41) is 7.12. The van der Waals surface area contributed by atoms with Gasteiger partial charge >= 0.3 is 6.09 Å². The van der Waals surface area contributed by atoms with Crippen LogP contribution < -0.4 is 10.6 Å². The molecule has 2 heterocycles. The molecule has 3 rings (SSSR count). The molecule has 0 aliphatic carbocycles. The number of pyridine rings is 1. The molecule has 1 unspecified atom stereocenters. The van der Waals surface area contributed by atoms with E-state index in [0.717, 1.165) is 5.56 Å². The summed E-state index contributed by atoms with van der Waals surface area (Å²) in [6, 6.07) is 8.03.